The van der Waals surface area contributed by atoms with Crippen LogP contribution in [0, 0.1) is 0 Å². The van der Waals surface area contributed by atoms with Crippen LogP contribution >= 0.6 is 0 Å². The van der Waals surface area contributed by atoms with E-state index in [4.69, 9.17) is 0 Å². The summed E-state index contributed by atoms with van der Waals surface area (Å²) in [5.41, 5.74) is 6.27. The molecule has 0 bridgehead atoms. The van der Waals surface area contributed by atoms with Crippen LogP contribution in [0.5, 0.6) is 0 Å². The van der Waals surface area contributed by atoms with Crippen LogP contribution < -0.4 is 4.90 Å². The van der Waals surface area contributed by atoms with Crippen molar-refractivity contribution in [3.05, 3.63) is 126 Å². The Morgan fingerprint density at radius 1 is 0.688 bits per heavy atom. The summed E-state index contributed by atoms with van der Waals surface area (Å²) in [6.45, 7) is 1.34. The molecule has 0 saturated heterocycles. The highest BCUT2D eigenvalue weighted by Gasteiger charge is 2.24. The van der Waals surface area contributed by atoms with Crippen molar-refractivity contribution in [2.45, 2.75) is 13.1 Å². The maximum Gasteiger partial charge on any atom is 0.258 e. The van der Waals surface area contributed by atoms with Crippen molar-refractivity contribution in [1.82, 2.24) is 4.57 Å². The fourth-order valence-electron chi connectivity index (χ4n) is 4.69. The zero-order chi connectivity index (χ0) is 21.5. The molecule has 0 aliphatic carbocycles. The van der Waals surface area contributed by atoms with Gasteiger partial charge in [-0.05, 0) is 57.8 Å². The lowest BCUT2D eigenvalue weighted by Gasteiger charge is -2.23. The van der Waals surface area contributed by atoms with Crippen LogP contribution in [0.25, 0.3) is 21.9 Å². The summed E-state index contributed by atoms with van der Waals surface area (Å²) in [7, 11) is 0. The molecule has 0 atom stereocenters. The Labute approximate surface area is 187 Å². The molecule has 0 radical (unpaired) electrons. The number of aromatic nitrogens is 1. The minimum absolute atomic E-state index is 0.0246. The number of amides is 1. The van der Waals surface area contributed by atoms with Crippen LogP contribution in [0.15, 0.2) is 109 Å². The molecule has 0 fully saturated rings. The molecule has 1 aromatic heterocycles. The lowest BCUT2D eigenvalue weighted by molar-refractivity contribution is 0.0985. The molecule has 154 valence electrons. The zero-order valence-corrected chi connectivity index (χ0v) is 17.6. The first-order valence-electron chi connectivity index (χ1n) is 10.9. The number of benzene rings is 4. The van der Waals surface area contributed by atoms with Crippen LogP contribution in [0.2, 0.25) is 0 Å². The summed E-state index contributed by atoms with van der Waals surface area (Å²) in [5.74, 6) is 0.0246. The van der Waals surface area contributed by atoms with E-state index >= 15 is 0 Å². The second-order valence-corrected chi connectivity index (χ2v) is 8.25. The van der Waals surface area contributed by atoms with Gasteiger partial charge in [0.25, 0.3) is 5.91 Å². The summed E-state index contributed by atoms with van der Waals surface area (Å²) >= 11 is 0. The van der Waals surface area contributed by atoms with E-state index in [0.717, 1.165) is 29.1 Å². The van der Waals surface area contributed by atoms with E-state index < -0.39 is 0 Å². The fraction of sp³-hybridized carbons (Fsp3) is 0.0690. The smallest absolute Gasteiger partial charge is 0.258 e. The summed E-state index contributed by atoms with van der Waals surface area (Å²) in [5, 5.41) is 2.44. The maximum absolute atomic E-state index is 13.6. The number of fused-ring (bicyclic) bond motifs is 3. The van der Waals surface area contributed by atoms with Gasteiger partial charge < -0.3 is 9.47 Å². The molecule has 6 rings (SSSR count). The van der Waals surface area contributed by atoms with Crippen molar-refractivity contribution in [2.75, 3.05) is 4.90 Å². The summed E-state index contributed by atoms with van der Waals surface area (Å²) in [4.78, 5) is 15.5. The van der Waals surface area contributed by atoms with E-state index in [9.17, 15) is 4.79 Å². The lowest BCUT2D eigenvalue weighted by atomic mass is 9.97. The minimum atomic E-state index is 0.0246. The van der Waals surface area contributed by atoms with Crippen molar-refractivity contribution in [3.8, 4) is 11.1 Å². The quantitative estimate of drug-likeness (QED) is 0.323. The molecule has 0 unspecified atom stereocenters. The van der Waals surface area contributed by atoms with E-state index in [2.05, 4.69) is 77.5 Å². The molecule has 0 spiro atoms. The molecule has 1 aliphatic rings. The van der Waals surface area contributed by atoms with E-state index in [0.29, 0.717) is 12.1 Å². The third-order valence-corrected chi connectivity index (χ3v) is 6.34. The third-order valence-electron chi connectivity index (χ3n) is 6.34. The van der Waals surface area contributed by atoms with Crippen molar-refractivity contribution in [3.63, 3.8) is 0 Å². The molecule has 2 heterocycles. The highest BCUT2D eigenvalue weighted by atomic mass is 16.2. The molecular formula is C29H22N2O. The molecule has 3 nitrogen and oxygen atoms in total. The van der Waals surface area contributed by atoms with Crippen molar-refractivity contribution < 1.29 is 4.79 Å². The second-order valence-electron chi connectivity index (χ2n) is 8.25. The Kier molecular flexibility index (Phi) is 4.39. The average molecular weight is 415 g/mol. The summed E-state index contributed by atoms with van der Waals surface area (Å²) < 4.78 is 2.22. The molecule has 1 aliphatic heterocycles. The van der Waals surface area contributed by atoms with Crippen LogP contribution in [0.1, 0.15) is 21.6 Å². The number of nitrogens with zero attached hydrogens (tertiary/aromatic N) is 2. The Morgan fingerprint density at radius 3 is 2.38 bits per heavy atom. The van der Waals surface area contributed by atoms with Crippen LogP contribution in [0.3, 0.4) is 0 Å². The lowest BCUT2D eigenvalue weighted by Crippen LogP contribution is -2.30. The number of carbonyl (C=O) groups excluding carboxylic acids is 1. The second kappa shape index (κ2) is 7.54. The van der Waals surface area contributed by atoms with Crippen LogP contribution in [-0.2, 0) is 13.1 Å². The highest BCUT2D eigenvalue weighted by Crippen LogP contribution is 2.31. The number of para-hydroxylation sites is 1. The Morgan fingerprint density at radius 2 is 1.47 bits per heavy atom. The molecule has 0 saturated carbocycles. The predicted molar refractivity (Wildman–Crippen MR) is 130 cm³/mol. The van der Waals surface area contributed by atoms with Gasteiger partial charge in [0.2, 0.25) is 0 Å². The largest absolute Gasteiger partial charge is 0.345 e. The molecule has 0 N–H and O–H groups in total. The molecule has 5 aromatic rings. The monoisotopic (exact) mass is 414 g/mol. The predicted octanol–water partition coefficient (Wildman–Crippen LogP) is 6.52. The number of hydrogen-bond acceptors (Lipinski definition) is 1. The fourth-order valence-corrected chi connectivity index (χ4v) is 4.69. The number of hydrogen-bond donors (Lipinski definition) is 0. The van der Waals surface area contributed by atoms with Crippen molar-refractivity contribution in [1.29, 1.82) is 0 Å². The van der Waals surface area contributed by atoms with Gasteiger partial charge in [0.05, 0.1) is 6.54 Å². The molecular weight excluding hydrogens is 392 g/mol. The summed E-state index contributed by atoms with van der Waals surface area (Å²) in [6.07, 6.45) is 2.08. The van der Waals surface area contributed by atoms with E-state index in [1.54, 1.807) is 0 Å². The van der Waals surface area contributed by atoms with Gasteiger partial charge in [-0.2, -0.15) is 0 Å². The van der Waals surface area contributed by atoms with Gasteiger partial charge in [0, 0.05) is 29.7 Å². The number of anilines is 1. The molecule has 32 heavy (non-hydrogen) atoms. The third kappa shape index (κ3) is 3.10. The van der Waals surface area contributed by atoms with E-state index in [1.807, 2.05) is 41.3 Å². The molecule has 3 heteroatoms. The van der Waals surface area contributed by atoms with Gasteiger partial charge in [-0.25, -0.2) is 0 Å². The van der Waals surface area contributed by atoms with Crippen molar-refractivity contribution >= 4 is 22.4 Å². The summed E-state index contributed by atoms with van der Waals surface area (Å²) in [6, 6.07) is 35.1. The minimum Gasteiger partial charge on any atom is -0.345 e. The SMILES string of the molecule is O=C(c1ccc(-c2cccc3ccccc23)cc1)N1Cc2cccn2Cc2ccccc21. The highest BCUT2D eigenvalue weighted by molar-refractivity contribution is 6.07. The Bertz CT molecular complexity index is 1440. The van der Waals surface area contributed by atoms with E-state index in [1.165, 1.54) is 16.3 Å². The normalized spacial score (nSPS) is 12.8. The van der Waals surface area contributed by atoms with Gasteiger partial charge in [0.1, 0.15) is 0 Å². The zero-order valence-electron chi connectivity index (χ0n) is 17.6. The van der Waals surface area contributed by atoms with Gasteiger partial charge in [-0.15, -0.1) is 0 Å². The first-order chi connectivity index (χ1) is 15.8. The van der Waals surface area contributed by atoms with Gasteiger partial charge in [-0.1, -0.05) is 72.8 Å². The van der Waals surface area contributed by atoms with Crippen molar-refractivity contribution in [2.24, 2.45) is 0 Å². The first-order valence-corrected chi connectivity index (χ1v) is 10.9. The number of rotatable bonds is 2. The van der Waals surface area contributed by atoms with Crippen LogP contribution in [0.4, 0.5) is 5.69 Å². The Balaban J connectivity index is 1.37. The van der Waals surface area contributed by atoms with E-state index in [-0.39, 0.29) is 5.91 Å². The topological polar surface area (TPSA) is 25.2 Å². The average Bonchev–Trinajstić information content (AvgIpc) is 3.22. The van der Waals surface area contributed by atoms with Gasteiger partial charge >= 0.3 is 0 Å². The standard InChI is InChI=1S/C29H22N2O/c32-29(31-20-25-10-6-18-30(25)19-24-8-2-4-13-28(24)31)23-16-14-22(15-17-23)27-12-5-9-21-7-1-3-11-26(21)27/h1-18H,19-20H2. The van der Waals surface area contributed by atoms with Gasteiger partial charge in [-0.3, -0.25) is 4.79 Å². The Hall–Kier alpha value is -4.11. The maximum atomic E-state index is 13.6. The first kappa shape index (κ1) is 18.6. The van der Waals surface area contributed by atoms with Gasteiger partial charge in [0.15, 0.2) is 0 Å². The molecule has 1 amide bonds. The molecule has 4 aromatic carbocycles. The van der Waals surface area contributed by atoms with Crippen LogP contribution in [-0.4, -0.2) is 10.5 Å². The number of carbonyl (C=O) groups is 1.